The van der Waals surface area contributed by atoms with Gasteiger partial charge in [0.1, 0.15) is 17.7 Å². The van der Waals surface area contributed by atoms with Crippen LogP contribution in [-0.4, -0.2) is 67.8 Å². The van der Waals surface area contributed by atoms with Gasteiger partial charge in [-0.15, -0.1) is 0 Å². The first kappa shape index (κ1) is 34.8. The van der Waals surface area contributed by atoms with E-state index in [1.54, 1.807) is 4.90 Å². The molecule has 274 valence electrons. The van der Waals surface area contributed by atoms with Gasteiger partial charge in [0.2, 0.25) is 5.91 Å². The molecular formula is C43H43N7O4. The molecule has 11 heteroatoms. The van der Waals surface area contributed by atoms with Crippen LogP contribution < -0.4 is 5.32 Å². The third kappa shape index (κ3) is 6.84. The summed E-state index contributed by atoms with van der Waals surface area (Å²) >= 11 is 0. The van der Waals surface area contributed by atoms with E-state index in [0.717, 1.165) is 77.0 Å². The first-order valence-electron chi connectivity index (χ1n) is 18.6. The zero-order valence-corrected chi connectivity index (χ0v) is 30.4. The Bertz CT molecular complexity index is 2270. The second-order valence-electron chi connectivity index (χ2n) is 14.1. The van der Waals surface area contributed by atoms with Crippen LogP contribution in [0.15, 0.2) is 109 Å². The van der Waals surface area contributed by atoms with Crippen molar-refractivity contribution in [2.75, 3.05) is 20.2 Å². The number of ether oxygens (including phenoxy) is 1. The lowest BCUT2D eigenvalue weighted by Crippen LogP contribution is -2.42. The maximum atomic E-state index is 13.9. The van der Waals surface area contributed by atoms with Crippen LogP contribution in [-0.2, 0) is 14.3 Å². The second kappa shape index (κ2) is 15.0. The Labute approximate surface area is 313 Å². The number of imidazole rings is 2. The molecule has 0 radical (unpaired) electrons. The van der Waals surface area contributed by atoms with Crippen LogP contribution in [0.1, 0.15) is 79.4 Å². The summed E-state index contributed by atoms with van der Waals surface area (Å²) in [6, 6.07) is 32.5. The number of likely N-dealkylation sites (tertiary alicyclic amines) is 2. The minimum absolute atomic E-state index is 0.0747. The molecule has 4 aromatic carbocycles. The van der Waals surface area contributed by atoms with Gasteiger partial charge in [-0.2, -0.15) is 0 Å². The van der Waals surface area contributed by atoms with Crippen molar-refractivity contribution in [3.63, 3.8) is 0 Å². The van der Waals surface area contributed by atoms with Crippen molar-refractivity contribution in [1.82, 2.24) is 35.1 Å². The number of amides is 3. The molecule has 4 heterocycles. The van der Waals surface area contributed by atoms with Crippen LogP contribution in [0.25, 0.3) is 33.4 Å². The Balaban J connectivity index is 0.968. The van der Waals surface area contributed by atoms with Crippen LogP contribution in [0.4, 0.5) is 4.79 Å². The Kier molecular flexibility index (Phi) is 9.69. The van der Waals surface area contributed by atoms with E-state index in [-0.39, 0.29) is 29.8 Å². The summed E-state index contributed by atoms with van der Waals surface area (Å²) in [5.74, 6) is 1.26. The molecule has 0 aliphatic carbocycles. The fourth-order valence-electron chi connectivity index (χ4n) is 7.90. The number of nitrogens with one attached hydrogen (secondary N) is 3. The van der Waals surface area contributed by atoms with E-state index in [1.807, 2.05) is 84.8 Å². The van der Waals surface area contributed by atoms with Crippen LogP contribution in [0, 0.1) is 0 Å². The largest absolute Gasteiger partial charge is 0.453 e. The molecule has 6 aromatic rings. The number of carbonyl (C=O) groups is 3. The Morgan fingerprint density at radius 3 is 2.04 bits per heavy atom. The highest BCUT2D eigenvalue weighted by Gasteiger charge is 2.37. The molecule has 8 rings (SSSR count). The van der Waals surface area contributed by atoms with Crippen molar-refractivity contribution in [2.24, 2.45) is 0 Å². The number of fused-ring (bicyclic) bond motifs is 1. The maximum absolute atomic E-state index is 13.9. The third-order valence-electron chi connectivity index (χ3n) is 10.8. The predicted molar refractivity (Wildman–Crippen MR) is 206 cm³/mol. The van der Waals surface area contributed by atoms with E-state index in [1.165, 1.54) is 7.11 Å². The summed E-state index contributed by atoms with van der Waals surface area (Å²) in [6.07, 6.45) is 4.56. The van der Waals surface area contributed by atoms with Crippen molar-refractivity contribution in [1.29, 1.82) is 0 Å². The quantitative estimate of drug-likeness (QED) is 0.139. The van der Waals surface area contributed by atoms with E-state index >= 15 is 0 Å². The van der Waals surface area contributed by atoms with Crippen molar-refractivity contribution in [2.45, 2.75) is 56.7 Å². The lowest BCUT2D eigenvalue weighted by atomic mass is 9.99. The molecule has 3 N–H and O–H groups in total. The molecule has 2 aliphatic heterocycles. The monoisotopic (exact) mass is 721 g/mol. The van der Waals surface area contributed by atoms with Gasteiger partial charge in [0, 0.05) is 13.1 Å². The van der Waals surface area contributed by atoms with Crippen molar-refractivity contribution in [3.05, 3.63) is 132 Å². The van der Waals surface area contributed by atoms with E-state index < -0.39 is 12.1 Å². The lowest BCUT2D eigenvalue weighted by Gasteiger charge is -2.28. The number of aromatic nitrogens is 4. The molecule has 54 heavy (non-hydrogen) atoms. The summed E-state index contributed by atoms with van der Waals surface area (Å²) in [7, 11) is 1.29. The van der Waals surface area contributed by atoms with Gasteiger partial charge in [-0.1, -0.05) is 91.0 Å². The minimum Gasteiger partial charge on any atom is -0.453 e. The number of nitrogens with zero attached hydrogens (tertiary/aromatic N) is 4. The zero-order chi connectivity index (χ0) is 37.2. The topological polar surface area (TPSA) is 136 Å². The minimum atomic E-state index is -0.871. The molecule has 2 aliphatic rings. The number of aromatic amines is 2. The van der Waals surface area contributed by atoms with Gasteiger partial charge in [-0.3, -0.25) is 9.59 Å². The average molecular weight is 722 g/mol. The molecule has 0 bridgehead atoms. The van der Waals surface area contributed by atoms with Crippen LogP contribution in [0.3, 0.4) is 0 Å². The van der Waals surface area contributed by atoms with Gasteiger partial charge in [0.15, 0.2) is 0 Å². The number of hydrogen-bond donors (Lipinski definition) is 3. The predicted octanol–water partition coefficient (Wildman–Crippen LogP) is 7.85. The number of carbonyl (C=O) groups excluding carboxylic acids is 3. The summed E-state index contributed by atoms with van der Waals surface area (Å²) in [4.78, 5) is 60.1. The Morgan fingerprint density at radius 1 is 0.741 bits per heavy atom. The van der Waals surface area contributed by atoms with Crippen molar-refractivity contribution >= 4 is 28.9 Å². The van der Waals surface area contributed by atoms with Gasteiger partial charge in [0.05, 0.1) is 48.0 Å². The molecule has 3 amide bonds. The van der Waals surface area contributed by atoms with E-state index in [4.69, 9.17) is 14.7 Å². The Morgan fingerprint density at radius 2 is 1.35 bits per heavy atom. The molecular weight excluding hydrogens is 679 g/mol. The van der Waals surface area contributed by atoms with Crippen LogP contribution in [0.5, 0.6) is 0 Å². The first-order valence-corrected chi connectivity index (χ1v) is 18.6. The standard InChI is InChI=1S/C43H43N7O4/c1-27(28-11-5-3-6-12-28)41(51)49-23-10-16-37(49)40-45-33-22-21-32(25-34(33)46-40)29-17-19-30(20-18-29)35-26-44-39(47-35)36-15-9-24-50(36)42(52)38(48-43(53)54-2)31-13-7-4-8-14-31/h3-8,11-14,17-22,25-27,36-38H,9-10,15-16,23-24H2,1-2H3,(H,44,47)(H,45,46)(H,48,53)/t27-,36+,37+,38-/m1/s1. The number of benzene rings is 4. The van der Waals surface area contributed by atoms with E-state index in [2.05, 4.69) is 51.7 Å². The average Bonchev–Trinajstić information content (AvgIpc) is 4.06. The van der Waals surface area contributed by atoms with Gasteiger partial charge in [0.25, 0.3) is 5.91 Å². The molecule has 2 saturated heterocycles. The molecule has 0 saturated carbocycles. The van der Waals surface area contributed by atoms with E-state index in [0.29, 0.717) is 17.9 Å². The highest BCUT2D eigenvalue weighted by molar-refractivity contribution is 5.88. The van der Waals surface area contributed by atoms with Crippen molar-refractivity contribution in [3.8, 4) is 22.4 Å². The van der Waals surface area contributed by atoms with E-state index in [9.17, 15) is 14.4 Å². The Hall–Kier alpha value is -6.23. The molecule has 2 fully saturated rings. The number of H-pyrrole nitrogens is 2. The second-order valence-corrected chi connectivity index (χ2v) is 14.1. The third-order valence-corrected chi connectivity index (χ3v) is 10.8. The molecule has 0 spiro atoms. The van der Waals surface area contributed by atoms with Gasteiger partial charge in [-0.05, 0) is 72.6 Å². The fraction of sp³-hybridized carbons (Fsp3) is 0.279. The smallest absolute Gasteiger partial charge is 0.407 e. The summed E-state index contributed by atoms with van der Waals surface area (Å²) in [5, 5.41) is 2.72. The highest BCUT2D eigenvalue weighted by atomic mass is 16.5. The molecule has 0 unspecified atom stereocenters. The number of methoxy groups -OCH3 is 1. The van der Waals surface area contributed by atoms with Gasteiger partial charge < -0.3 is 29.8 Å². The zero-order valence-electron chi connectivity index (χ0n) is 30.4. The summed E-state index contributed by atoms with van der Waals surface area (Å²) < 4.78 is 4.83. The van der Waals surface area contributed by atoms with Crippen molar-refractivity contribution < 1.29 is 19.1 Å². The number of hydrogen-bond acceptors (Lipinski definition) is 6. The first-order chi connectivity index (χ1) is 26.4. The van der Waals surface area contributed by atoms with Gasteiger partial charge >= 0.3 is 6.09 Å². The number of rotatable bonds is 9. The molecule has 4 atom stereocenters. The summed E-state index contributed by atoms with van der Waals surface area (Å²) in [5.41, 5.74) is 7.47. The fourth-order valence-corrected chi connectivity index (χ4v) is 7.90. The normalized spacial score (nSPS) is 18.1. The summed E-state index contributed by atoms with van der Waals surface area (Å²) in [6.45, 7) is 3.27. The highest BCUT2D eigenvalue weighted by Crippen LogP contribution is 2.36. The van der Waals surface area contributed by atoms with Gasteiger partial charge in [-0.25, -0.2) is 14.8 Å². The maximum Gasteiger partial charge on any atom is 0.407 e. The van der Waals surface area contributed by atoms with Crippen LogP contribution >= 0.6 is 0 Å². The lowest BCUT2D eigenvalue weighted by molar-refractivity contribution is -0.135. The number of alkyl carbamates (subject to hydrolysis) is 1. The SMILES string of the molecule is COC(=O)N[C@@H](C(=O)N1CCC[C@H]1c1ncc(-c2ccc(-c3ccc4nc([C@@H]5CCCN5C(=O)[C@H](C)c5ccccc5)[nH]c4c3)cc2)[nH]1)c1ccccc1. The van der Waals surface area contributed by atoms with Crippen LogP contribution in [0.2, 0.25) is 0 Å². The molecule has 2 aromatic heterocycles. The molecule has 11 nitrogen and oxygen atoms in total.